The Kier molecular flexibility index (Phi) is 5.51. The van der Waals surface area contributed by atoms with Gasteiger partial charge in [0.25, 0.3) is 0 Å². The van der Waals surface area contributed by atoms with Gasteiger partial charge in [-0.3, -0.25) is 4.90 Å². The Labute approximate surface area is 137 Å². The van der Waals surface area contributed by atoms with E-state index >= 15 is 0 Å². The Hall–Kier alpha value is -1.59. The summed E-state index contributed by atoms with van der Waals surface area (Å²) in [4.78, 5) is 13.9. The predicted molar refractivity (Wildman–Crippen MR) is 90.0 cm³/mol. The Morgan fingerprint density at radius 3 is 2.65 bits per heavy atom. The van der Waals surface area contributed by atoms with Gasteiger partial charge in [-0.05, 0) is 56.5 Å². The molecule has 2 saturated heterocycles. The molecule has 1 aromatic carbocycles. The van der Waals surface area contributed by atoms with Crippen LogP contribution in [0.3, 0.4) is 0 Å². The highest BCUT2D eigenvalue weighted by atomic mass is 16.5. The predicted octanol–water partition coefficient (Wildman–Crippen LogP) is 2.96. The Balaban J connectivity index is 1.73. The third kappa shape index (κ3) is 4.45. The third-order valence-corrected chi connectivity index (χ3v) is 4.75. The van der Waals surface area contributed by atoms with Gasteiger partial charge in [0.15, 0.2) is 0 Å². The number of piperidine rings is 1. The molecular formula is C18H26N2O3. The molecule has 2 aliphatic heterocycles. The minimum Gasteiger partial charge on any atom is -0.478 e. The van der Waals surface area contributed by atoms with E-state index in [1.807, 2.05) is 12.1 Å². The Morgan fingerprint density at radius 2 is 1.96 bits per heavy atom. The second-order valence-corrected chi connectivity index (χ2v) is 6.55. The van der Waals surface area contributed by atoms with Crippen molar-refractivity contribution in [3.8, 4) is 0 Å². The number of nitrogens with zero attached hydrogens (tertiary/aromatic N) is 1. The van der Waals surface area contributed by atoms with Crippen LogP contribution in [0.15, 0.2) is 18.2 Å². The van der Waals surface area contributed by atoms with Gasteiger partial charge in [-0.1, -0.05) is 12.5 Å². The van der Waals surface area contributed by atoms with Crippen molar-refractivity contribution in [1.82, 2.24) is 4.90 Å². The van der Waals surface area contributed by atoms with Gasteiger partial charge < -0.3 is 15.2 Å². The maximum absolute atomic E-state index is 11.5. The summed E-state index contributed by atoms with van der Waals surface area (Å²) >= 11 is 0. The summed E-state index contributed by atoms with van der Waals surface area (Å²) in [6.07, 6.45) is 5.70. The van der Waals surface area contributed by atoms with Crippen molar-refractivity contribution >= 4 is 11.7 Å². The number of carboxylic acid groups (broad SMARTS) is 1. The maximum Gasteiger partial charge on any atom is 0.337 e. The zero-order valence-electron chi connectivity index (χ0n) is 13.6. The summed E-state index contributed by atoms with van der Waals surface area (Å²) < 4.78 is 5.38. The van der Waals surface area contributed by atoms with Crippen LogP contribution in [0.2, 0.25) is 0 Å². The van der Waals surface area contributed by atoms with E-state index < -0.39 is 5.97 Å². The normalized spacial score (nSPS) is 20.3. The van der Waals surface area contributed by atoms with Crippen molar-refractivity contribution in [1.29, 1.82) is 0 Å². The quantitative estimate of drug-likeness (QED) is 0.874. The minimum atomic E-state index is -0.871. The molecule has 2 aliphatic rings. The molecule has 1 aromatic rings. The van der Waals surface area contributed by atoms with Crippen LogP contribution in [0, 0.1) is 0 Å². The molecule has 5 heteroatoms. The van der Waals surface area contributed by atoms with Crippen molar-refractivity contribution in [3.05, 3.63) is 29.3 Å². The molecule has 3 rings (SSSR count). The van der Waals surface area contributed by atoms with E-state index in [-0.39, 0.29) is 0 Å². The summed E-state index contributed by atoms with van der Waals surface area (Å²) in [6, 6.07) is 6.01. The van der Waals surface area contributed by atoms with Crippen molar-refractivity contribution < 1.29 is 14.6 Å². The van der Waals surface area contributed by atoms with E-state index in [2.05, 4.69) is 10.2 Å². The molecule has 0 amide bonds. The average molecular weight is 318 g/mol. The Bertz CT molecular complexity index is 535. The van der Waals surface area contributed by atoms with Crippen molar-refractivity contribution in [2.45, 2.75) is 44.7 Å². The van der Waals surface area contributed by atoms with Gasteiger partial charge in [-0.2, -0.15) is 0 Å². The summed E-state index contributed by atoms with van der Waals surface area (Å²) in [5.74, 6) is -0.871. The van der Waals surface area contributed by atoms with Crippen LogP contribution in [-0.2, 0) is 11.3 Å². The number of benzene rings is 1. The fourth-order valence-electron chi connectivity index (χ4n) is 3.43. The number of hydrogen-bond donors (Lipinski definition) is 2. The molecule has 0 unspecified atom stereocenters. The second kappa shape index (κ2) is 7.79. The monoisotopic (exact) mass is 318 g/mol. The topological polar surface area (TPSA) is 61.8 Å². The number of anilines is 1. The van der Waals surface area contributed by atoms with Crippen molar-refractivity contribution in [2.75, 3.05) is 31.6 Å². The van der Waals surface area contributed by atoms with Gasteiger partial charge in [0.05, 0.1) is 5.56 Å². The summed E-state index contributed by atoms with van der Waals surface area (Å²) in [5, 5.41) is 12.9. The van der Waals surface area contributed by atoms with Gasteiger partial charge in [0.1, 0.15) is 0 Å². The first-order chi connectivity index (χ1) is 11.2. The van der Waals surface area contributed by atoms with E-state index in [1.165, 1.54) is 24.8 Å². The van der Waals surface area contributed by atoms with Gasteiger partial charge >= 0.3 is 5.97 Å². The van der Waals surface area contributed by atoms with E-state index in [4.69, 9.17) is 4.74 Å². The average Bonchev–Trinajstić information content (AvgIpc) is 2.57. The molecule has 0 aliphatic carbocycles. The number of nitrogens with one attached hydrogen (secondary N) is 1. The fraction of sp³-hybridized carbons (Fsp3) is 0.611. The second-order valence-electron chi connectivity index (χ2n) is 6.55. The first-order valence-electron chi connectivity index (χ1n) is 8.65. The van der Waals surface area contributed by atoms with Crippen LogP contribution in [0.5, 0.6) is 0 Å². The van der Waals surface area contributed by atoms with E-state index in [1.54, 1.807) is 6.07 Å². The SMILES string of the molecule is O=C(O)c1ccc(CN2CCCCC2)cc1NC1CCOCC1. The van der Waals surface area contributed by atoms with E-state index in [0.717, 1.165) is 51.4 Å². The molecule has 0 radical (unpaired) electrons. The molecule has 2 heterocycles. The van der Waals surface area contributed by atoms with Crippen LogP contribution in [0.1, 0.15) is 48.0 Å². The zero-order valence-corrected chi connectivity index (χ0v) is 13.6. The lowest BCUT2D eigenvalue weighted by molar-refractivity contribution is 0.0697. The highest BCUT2D eigenvalue weighted by Gasteiger charge is 2.18. The first kappa shape index (κ1) is 16.3. The standard InChI is InChI=1S/C18H26N2O3/c21-18(22)16-5-4-14(13-20-8-2-1-3-9-20)12-17(16)19-15-6-10-23-11-7-15/h4-5,12,15,19H,1-3,6-11,13H2,(H,21,22). The number of rotatable bonds is 5. The highest BCUT2D eigenvalue weighted by Crippen LogP contribution is 2.23. The summed E-state index contributed by atoms with van der Waals surface area (Å²) in [7, 11) is 0. The molecule has 0 aromatic heterocycles. The fourth-order valence-corrected chi connectivity index (χ4v) is 3.43. The lowest BCUT2D eigenvalue weighted by Gasteiger charge is -2.28. The van der Waals surface area contributed by atoms with Crippen molar-refractivity contribution in [2.24, 2.45) is 0 Å². The number of hydrogen-bond acceptors (Lipinski definition) is 4. The van der Waals surface area contributed by atoms with E-state index in [9.17, 15) is 9.90 Å². The first-order valence-corrected chi connectivity index (χ1v) is 8.65. The van der Waals surface area contributed by atoms with Crippen LogP contribution in [-0.4, -0.2) is 48.3 Å². The molecule has 2 fully saturated rings. The molecule has 126 valence electrons. The van der Waals surface area contributed by atoms with Gasteiger partial charge in [0, 0.05) is 31.5 Å². The van der Waals surface area contributed by atoms with Gasteiger partial charge in [-0.15, -0.1) is 0 Å². The summed E-state index contributed by atoms with van der Waals surface area (Å²) in [5.41, 5.74) is 2.30. The highest BCUT2D eigenvalue weighted by molar-refractivity contribution is 5.94. The molecular weight excluding hydrogens is 292 g/mol. The lowest BCUT2D eigenvalue weighted by Crippen LogP contribution is -2.30. The third-order valence-electron chi connectivity index (χ3n) is 4.75. The van der Waals surface area contributed by atoms with Gasteiger partial charge in [0.2, 0.25) is 0 Å². The molecule has 23 heavy (non-hydrogen) atoms. The number of carbonyl (C=O) groups is 1. The van der Waals surface area contributed by atoms with Gasteiger partial charge in [-0.25, -0.2) is 4.79 Å². The lowest BCUT2D eigenvalue weighted by atomic mass is 10.0. The minimum absolute atomic E-state index is 0.298. The molecule has 0 atom stereocenters. The Morgan fingerprint density at radius 1 is 1.22 bits per heavy atom. The number of aromatic carboxylic acids is 1. The van der Waals surface area contributed by atoms with Crippen LogP contribution in [0.25, 0.3) is 0 Å². The summed E-state index contributed by atoms with van der Waals surface area (Å²) in [6.45, 7) is 4.68. The van der Waals surface area contributed by atoms with Crippen LogP contribution >= 0.6 is 0 Å². The molecule has 0 spiro atoms. The zero-order chi connectivity index (χ0) is 16.1. The molecule has 0 bridgehead atoms. The molecule has 0 saturated carbocycles. The van der Waals surface area contributed by atoms with Crippen LogP contribution in [0.4, 0.5) is 5.69 Å². The maximum atomic E-state index is 11.5. The number of carboxylic acids is 1. The number of likely N-dealkylation sites (tertiary alicyclic amines) is 1. The number of ether oxygens (including phenoxy) is 1. The smallest absolute Gasteiger partial charge is 0.337 e. The van der Waals surface area contributed by atoms with E-state index in [0.29, 0.717) is 11.6 Å². The largest absolute Gasteiger partial charge is 0.478 e. The molecule has 2 N–H and O–H groups in total. The van der Waals surface area contributed by atoms with Crippen molar-refractivity contribution in [3.63, 3.8) is 0 Å². The molecule has 5 nitrogen and oxygen atoms in total. The van der Waals surface area contributed by atoms with Crippen LogP contribution < -0.4 is 5.32 Å².